The highest BCUT2D eigenvalue weighted by Gasteiger charge is 2.01. The average molecular weight is 144 g/mol. The van der Waals surface area contributed by atoms with Gasteiger partial charge in [0.05, 0.1) is 14.1 Å². The van der Waals surface area contributed by atoms with Gasteiger partial charge in [-0.2, -0.15) is 0 Å². The van der Waals surface area contributed by atoms with Gasteiger partial charge in [0.1, 0.15) is 14.3 Å². The Morgan fingerprint density at radius 2 is 0.750 bits per heavy atom. The normalized spacial score (nSPS) is 18.7. The van der Waals surface area contributed by atoms with Crippen molar-refractivity contribution >= 4 is 70.8 Å². The second-order valence-electron chi connectivity index (χ2n) is 3.88. The Kier molecular flexibility index (Phi) is 6.99. The Bertz CT molecular complexity index is 107. The van der Waals surface area contributed by atoms with Gasteiger partial charge >= 0.3 is 0 Å². The van der Waals surface area contributed by atoms with Crippen LogP contribution in [0.2, 0.25) is 0 Å². The van der Waals surface area contributed by atoms with Gasteiger partial charge in [-0.05, 0) is 0 Å². The SMILES string of the molecule is B1BBBBB/C=C/BBBB1. The van der Waals surface area contributed by atoms with Gasteiger partial charge in [0, 0.05) is 42.4 Å². The number of hydrogen-bond acceptors (Lipinski definition) is 0. The lowest BCUT2D eigenvalue weighted by Gasteiger charge is -1.93. The highest BCUT2D eigenvalue weighted by molar-refractivity contribution is 7.69. The van der Waals surface area contributed by atoms with Crippen LogP contribution in [0, 0.1) is 0 Å². The molecule has 1 aliphatic heterocycles. The molecule has 1 aliphatic rings. The molecule has 0 saturated carbocycles. The van der Waals surface area contributed by atoms with E-state index in [0.717, 1.165) is 0 Å². The van der Waals surface area contributed by atoms with Crippen molar-refractivity contribution in [2.24, 2.45) is 0 Å². The van der Waals surface area contributed by atoms with E-state index in [4.69, 9.17) is 0 Å². The highest BCUT2D eigenvalue weighted by Crippen LogP contribution is 1.69. The molecular formula is C2H12B10. The van der Waals surface area contributed by atoms with Crippen LogP contribution in [0.3, 0.4) is 0 Å². The summed E-state index contributed by atoms with van der Waals surface area (Å²) in [5.41, 5.74) is 0. The first kappa shape index (κ1) is 10.5. The van der Waals surface area contributed by atoms with Gasteiger partial charge in [-0.25, -0.2) is 0 Å². The molecule has 0 aliphatic carbocycles. The lowest BCUT2D eigenvalue weighted by atomic mass is 8.88. The molecule has 0 bridgehead atoms. The Morgan fingerprint density at radius 3 is 1.17 bits per heavy atom. The largest absolute Gasteiger partial charge is 0.142 e. The lowest BCUT2D eigenvalue weighted by molar-refractivity contribution is 2.47. The zero-order valence-corrected chi connectivity index (χ0v) is 8.23. The van der Waals surface area contributed by atoms with E-state index in [1.165, 1.54) is 70.8 Å². The summed E-state index contributed by atoms with van der Waals surface area (Å²) in [6.45, 7) is 0. The molecule has 0 aromatic rings. The first-order valence-electron chi connectivity index (χ1n) is 5.65. The second kappa shape index (κ2) is 8.01. The summed E-state index contributed by atoms with van der Waals surface area (Å²) in [6, 6.07) is 0. The van der Waals surface area contributed by atoms with Crippen molar-refractivity contribution in [3.63, 3.8) is 0 Å². The molecule has 0 N–H and O–H groups in total. The van der Waals surface area contributed by atoms with Crippen molar-refractivity contribution < 1.29 is 0 Å². The van der Waals surface area contributed by atoms with Crippen molar-refractivity contribution in [3.05, 3.63) is 12.0 Å². The summed E-state index contributed by atoms with van der Waals surface area (Å²) in [6.07, 6.45) is 0. The molecule has 0 aromatic carbocycles. The van der Waals surface area contributed by atoms with Crippen LogP contribution in [0.4, 0.5) is 0 Å². The molecule has 0 nitrogen and oxygen atoms in total. The average Bonchev–Trinajstić information content (AvgIpc) is 2.05. The molecule has 0 saturated heterocycles. The van der Waals surface area contributed by atoms with Crippen LogP contribution in [-0.4, -0.2) is 70.8 Å². The minimum atomic E-state index is 1.32. The third kappa shape index (κ3) is 5.97. The van der Waals surface area contributed by atoms with Crippen LogP contribution >= 0.6 is 0 Å². The molecule has 0 amide bonds. The van der Waals surface area contributed by atoms with Gasteiger partial charge in [-0.15, -0.1) is 12.0 Å². The molecule has 10 heteroatoms. The van der Waals surface area contributed by atoms with Gasteiger partial charge in [0.2, 0.25) is 0 Å². The highest BCUT2D eigenvalue weighted by atomic mass is 13.2. The Hall–Kier alpha value is 0.389. The van der Waals surface area contributed by atoms with Crippen LogP contribution in [0.25, 0.3) is 0 Å². The number of hydrogen-bond donors (Lipinski definition) is 0. The maximum atomic E-state index is 2.38. The van der Waals surface area contributed by atoms with E-state index in [9.17, 15) is 0 Å². The molecule has 0 radical (unpaired) electrons. The van der Waals surface area contributed by atoms with E-state index in [1.807, 2.05) is 0 Å². The van der Waals surface area contributed by atoms with E-state index in [1.54, 1.807) is 0 Å². The molecule has 0 spiro atoms. The van der Waals surface area contributed by atoms with Crippen LogP contribution in [0.1, 0.15) is 0 Å². The predicted octanol–water partition coefficient (Wildman–Crippen LogP) is -5.93. The lowest BCUT2D eigenvalue weighted by Crippen LogP contribution is -2.33. The van der Waals surface area contributed by atoms with E-state index in [0.29, 0.717) is 0 Å². The van der Waals surface area contributed by atoms with Crippen LogP contribution in [-0.2, 0) is 0 Å². The van der Waals surface area contributed by atoms with Gasteiger partial charge in [-0.3, -0.25) is 0 Å². The van der Waals surface area contributed by atoms with Gasteiger partial charge < -0.3 is 0 Å². The molecule has 0 fully saturated rings. The van der Waals surface area contributed by atoms with Crippen LogP contribution < -0.4 is 0 Å². The zero-order valence-electron chi connectivity index (χ0n) is 8.23. The second-order valence-corrected chi connectivity index (χ2v) is 3.88. The molecule has 0 aromatic heterocycles. The molecule has 1 heterocycles. The predicted molar refractivity (Wildman–Crippen MR) is 80.6 cm³/mol. The minimum absolute atomic E-state index is 1.32. The molecule has 12 heavy (non-hydrogen) atoms. The molecule has 50 valence electrons. The van der Waals surface area contributed by atoms with Crippen molar-refractivity contribution in [1.82, 2.24) is 0 Å². The van der Waals surface area contributed by atoms with Crippen molar-refractivity contribution in [1.29, 1.82) is 0 Å². The van der Waals surface area contributed by atoms with E-state index >= 15 is 0 Å². The third-order valence-corrected chi connectivity index (χ3v) is 2.66. The zero-order chi connectivity index (χ0) is 8.49. The first-order chi connectivity index (χ1) is 6.00. The third-order valence-electron chi connectivity index (χ3n) is 2.66. The van der Waals surface area contributed by atoms with E-state index in [2.05, 4.69) is 12.0 Å². The standard InChI is InChI=1S/C2H12B10/c1-2-4-6-8-10-12-11-9-7-5-3-1/h1-12H/b2-1+. The minimum Gasteiger partial charge on any atom is -0.142 e. The summed E-state index contributed by atoms with van der Waals surface area (Å²) in [7, 11) is 14.2. The Balaban J connectivity index is 2.10. The molecule has 1 rings (SSSR count). The summed E-state index contributed by atoms with van der Waals surface area (Å²) < 4.78 is 0. The maximum Gasteiger partial charge on any atom is 0.103 e. The maximum absolute atomic E-state index is 2.38. The van der Waals surface area contributed by atoms with Gasteiger partial charge in [0.25, 0.3) is 0 Å². The van der Waals surface area contributed by atoms with Crippen molar-refractivity contribution in [3.8, 4) is 0 Å². The molecule has 0 atom stereocenters. The van der Waals surface area contributed by atoms with Crippen molar-refractivity contribution in [2.45, 2.75) is 0 Å². The molecule has 0 unspecified atom stereocenters. The van der Waals surface area contributed by atoms with Crippen LogP contribution in [0.5, 0.6) is 0 Å². The summed E-state index contributed by atoms with van der Waals surface area (Å²) in [5.74, 6) is 4.75. The number of rotatable bonds is 0. The van der Waals surface area contributed by atoms with Crippen LogP contribution in [0.15, 0.2) is 12.0 Å². The summed E-state index contributed by atoms with van der Waals surface area (Å²) >= 11 is 0. The quantitative estimate of drug-likeness (QED) is 0.297. The topological polar surface area (TPSA) is 0 Å². The van der Waals surface area contributed by atoms with E-state index in [-0.39, 0.29) is 0 Å². The fourth-order valence-corrected chi connectivity index (χ4v) is 1.82. The smallest absolute Gasteiger partial charge is 0.103 e. The van der Waals surface area contributed by atoms with E-state index < -0.39 is 0 Å². The monoisotopic (exact) mass is 146 g/mol. The fourth-order valence-electron chi connectivity index (χ4n) is 1.82. The van der Waals surface area contributed by atoms with Gasteiger partial charge in [-0.1, -0.05) is 0 Å². The summed E-state index contributed by atoms with van der Waals surface area (Å²) in [4.78, 5) is 0. The summed E-state index contributed by atoms with van der Waals surface area (Å²) in [5, 5.41) is 0. The van der Waals surface area contributed by atoms with Crippen molar-refractivity contribution in [2.75, 3.05) is 0 Å². The van der Waals surface area contributed by atoms with Gasteiger partial charge in [0.15, 0.2) is 0 Å². The Labute approximate surface area is 83.1 Å². The molecular weight excluding hydrogens is 132 g/mol. The Morgan fingerprint density at radius 1 is 0.417 bits per heavy atom. The fraction of sp³-hybridized carbons (Fsp3) is 0. The first-order valence-corrected chi connectivity index (χ1v) is 5.65.